The fourth-order valence-electron chi connectivity index (χ4n) is 1.41. The van der Waals surface area contributed by atoms with Gasteiger partial charge in [-0.2, -0.15) is 0 Å². The Morgan fingerprint density at radius 2 is 2.14 bits per heavy atom. The Kier molecular flexibility index (Phi) is 7.52. The number of amides is 2. The zero-order valence-corrected chi connectivity index (χ0v) is 11.7. The second kappa shape index (κ2) is 9.49. The molecule has 7 nitrogen and oxygen atoms in total. The number of nitrogens with one attached hydrogen (secondary N) is 2. The van der Waals surface area contributed by atoms with Crippen LogP contribution in [0, 0.1) is 0 Å². The average molecular weight is 293 g/mol. The highest BCUT2D eigenvalue weighted by Crippen LogP contribution is 1.99. The lowest BCUT2D eigenvalue weighted by Crippen LogP contribution is -2.37. The zero-order valence-electron chi connectivity index (χ0n) is 11.7. The maximum absolute atomic E-state index is 11.5. The van der Waals surface area contributed by atoms with Crippen LogP contribution in [0.15, 0.2) is 31.0 Å². The Morgan fingerprint density at radius 3 is 2.76 bits per heavy atom. The first-order valence-corrected chi connectivity index (χ1v) is 6.52. The minimum atomic E-state index is -1.08. The van der Waals surface area contributed by atoms with E-state index in [0.717, 1.165) is 12.0 Å². The van der Waals surface area contributed by atoms with Crippen molar-refractivity contribution in [3.8, 4) is 0 Å². The Morgan fingerprint density at radius 1 is 1.33 bits per heavy atom. The molecule has 3 N–H and O–H groups in total. The van der Waals surface area contributed by atoms with Crippen LogP contribution < -0.4 is 10.6 Å². The molecule has 7 heteroatoms. The lowest BCUT2D eigenvalue weighted by molar-refractivity contribution is 0.0690. The van der Waals surface area contributed by atoms with Crippen molar-refractivity contribution in [3.05, 3.63) is 42.2 Å². The third-order valence-electron chi connectivity index (χ3n) is 2.50. The Balaban J connectivity index is 2.17. The molecule has 0 bridgehead atoms. The first-order valence-electron chi connectivity index (χ1n) is 6.52. The number of ether oxygens (including phenoxy) is 1. The van der Waals surface area contributed by atoms with Gasteiger partial charge in [-0.1, -0.05) is 12.1 Å². The SMILES string of the molecule is C=CCCOCCNC(=O)NCc1ccc(C(=O)O)nc1. The summed E-state index contributed by atoms with van der Waals surface area (Å²) in [5.41, 5.74) is 0.692. The van der Waals surface area contributed by atoms with Gasteiger partial charge in [0.2, 0.25) is 0 Å². The Hall–Kier alpha value is -2.41. The summed E-state index contributed by atoms with van der Waals surface area (Å²) >= 11 is 0. The number of urea groups is 1. The number of carbonyl (C=O) groups is 2. The van der Waals surface area contributed by atoms with Gasteiger partial charge in [0.15, 0.2) is 0 Å². The third-order valence-corrected chi connectivity index (χ3v) is 2.50. The minimum Gasteiger partial charge on any atom is -0.477 e. The summed E-state index contributed by atoms with van der Waals surface area (Å²) in [6.45, 7) is 5.30. The fourth-order valence-corrected chi connectivity index (χ4v) is 1.41. The molecule has 21 heavy (non-hydrogen) atoms. The van der Waals surface area contributed by atoms with Gasteiger partial charge in [-0.15, -0.1) is 6.58 Å². The predicted octanol–water partition coefficient (Wildman–Crippen LogP) is 1.17. The Bertz CT molecular complexity index is 474. The number of pyridine rings is 1. The molecule has 1 aromatic rings. The molecule has 0 spiro atoms. The number of aromatic carboxylic acids is 1. The van der Waals surface area contributed by atoms with E-state index < -0.39 is 5.97 Å². The molecule has 1 rings (SSSR count). The van der Waals surface area contributed by atoms with E-state index in [4.69, 9.17) is 9.84 Å². The molecule has 0 atom stereocenters. The highest BCUT2D eigenvalue weighted by molar-refractivity contribution is 5.85. The number of nitrogens with zero attached hydrogens (tertiary/aromatic N) is 1. The second-order valence-corrected chi connectivity index (χ2v) is 4.16. The van der Waals surface area contributed by atoms with Crippen LogP contribution in [0.4, 0.5) is 4.79 Å². The van der Waals surface area contributed by atoms with Crippen LogP contribution in [0.1, 0.15) is 22.5 Å². The molecule has 0 aliphatic heterocycles. The van der Waals surface area contributed by atoms with Crippen LogP contribution in [-0.4, -0.2) is 41.8 Å². The average Bonchev–Trinajstić information content (AvgIpc) is 2.49. The summed E-state index contributed by atoms with van der Waals surface area (Å²) < 4.78 is 5.24. The molecule has 0 aliphatic carbocycles. The van der Waals surface area contributed by atoms with Crippen molar-refractivity contribution in [1.82, 2.24) is 15.6 Å². The first kappa shape index (κ1) is 16.6. The molecule has 2 amide bonds. The normalized spacial score (nSPS) is 9.90. The summed E-state index contributed by atoms with van der Waals surface area (Å²) in [6.07, 6.45) is 3.97. The van der Waals surface area contributed by atoms with E-state index in [2.05, 4.69) is 22.2 Å². The van der Waals surface area contributed by atoms with Gasteiger partial charge in [0.05, 0.1) is 13.2 Å². The summed E-state index contributed by atoms with van der Waals surface area (Å²) in [6, 6.07) is 2.68. The van der Waals surface area contributed by atoms with E-state index in [9.17, 15) is 9.59 Å². The largest absolute Gasteiger partial charge is 0.477 e. The number of aromatic nitrogens is 1. The standard InChI is InChI=1S/C14H19N3O4/c1-2-3-7-21-8-6-15-14(20)17-10-11-4-5-12(13(18)19)16-9-11/h2,4-5,9H,1,3,6-8,10H2,(H,18,19)(H2,15,17,20). The van der Waals surface area contributed by atoms with Gasteiger partial charge in [0.1, 0.15) is 5.69 Å². The molecule has 0 unspecified atom stereocenters. The van der Waals surface area contributed by atoms with Crippen LogP contribution in [0.25, 0.3) is 0 Å². The van der Waals surface area contributed by atoms with Crippen molar-refractivity contribution in [2.45, 2.75) is 13.0 Å². The van der Waals surface area contributed by atoms with Crippen LogP contribution >= 0.6 is 0 Å². The summed E-state index contributed by atoms with van der Waals surface area (Å²) in [4.78, 5) is 25.9. The molecule has 1 heterocycles. The molecular weight excluding hydrogens is 274 g/mol. The summed E-state index contributed by atoms with van der Waals surface area (Å²) in [5.74, 6) is -1.08. The van der Waals surface area contributed by atoms with Gasteiger partial charge < -0.3 is 20.5 Å². The molecule has 0 saturated carbocycles. The summed E-state index contributed by atoms with van der Waals surface area (Å²) in [7, 11) is 0. The van der Waals surface area contributed by atoms with Crippen molar-refractivity contribution >= 4 is 12.0 Å². The molecule has 0 saturated heterocycles. The van der Waals surface area contributed by atoms with Crippen molar-refractivity contribution in [1.29, 1.82) is 0 Å². The van der Waals surface area contributed by atoms with Crippen molar-refractivity contribution in [2.24, 2.45) is 0 Å². The van der Waals surface area contributed by atoms with Crippen molar-refractivity contribution in [3.63, 3.8) is 0 Å². The van der Waals surface area contributed by atoms with Crippen molar-refractivity contribution < 1.29 is 19.4 Å². The number of hydrogen-bond acceptors (Lipinski definition) is 4. The first-order chi connectivity index (χ1) is 10.1. The zero-order chi connectivity index (χ0) is 15.5. The topological polar surface area (TPSA) is 101 Å². The van der Waals surface area contributed by atoms with Gasteiger partial charge in [0.25, 0.3) is 0 Å². The Labute approximate surface area is 123 Å². The maximum atomic E-state index is 11.5. The highest BCUT2D eigenvalue weighted by atomic mass is 16.5. The van der Waals surface area contributed by atoms with Crippen molar-refractivity contribution in [2.75, 3.05) is 19.8 Å². The van der Waals surface area contributed by atoms with Crippen LogP contribution in [0.5, 0.6) is 0 Å². The molecule has 114 valence electrons. The number of carboxylic acid groups (broad SMARTS) is 1. The van der Waals surface area contributed by atoms with E-state index in [1.165, 1.54) is 12.3 Å². The van der Waals surface area contributed by atoms with E-state index in [1.807, 2.05) is 0 Å². The lowest BCUT2D eigenvalue weighted by atomic mass is 10.2. The lowest BCUT2D eigenvalue weighted by Gasteiger charge is -2.08. The molecular formula is C14H19N3O4. The quantitative estimate of drug-likeness (QED) is 0.469. The van der Waals surface area contributed by atoms with E-state index >= 15 is 0 Å². The number of rotatable bonds is 9. The van der Waals surface area contributed by atoms with Gasteiger partial charge in [-0.25, -0.2) is 14.6 Å². The number of carbonyl (C=O) groups excluding carboxylic acids is 1. The molecule has 0 fully saturated rings. The van der Waals surface area contributed by atoms with Gasteiger partial charge >= 0.3 is 12.0 Å². The van der Waals surface area contributed by atoms with E-state index in [1.54, 1.807) is 12.1 Å². The molecule has 0 aliphatic rings. The van der Waals surface area contributed by atoms with E-state index in [0.29, 0.717) is 19.8 Å². The minimum absolute atomic E-state index is 0.0279. The van der Waals surface area contributed by atoms with Crippen LogP contribution in [0.3, 0.4) is 0 Å². The second-order valence-electron chi connectivity index (χ2n) is 4.16. The highest BCUT2D eigenvalue weighted by Gasteiger charge is 2.04. The predicted molar refractivity (Wildman–Crippen MR) is 77.1 cm³/mol. The van der Waals surface area contributed by atoms with Gasteiger partial charge in [0, 0.05) is 19.3 Å². The van der Waals surface area contributed by atoms with Gasteiger partial charge in [-0.3, -0.25) is 0 Å². The number of carboxylic acids is 1. The monoisotopic (exact) mass is 293 g/mol. The van der Waals surface area contributed by atoms with Crippen LogP contribution in [-0.2, 0) is 11.3 Å². The smallest absolute Gasteiger partial charge is 0.354 e. The third kappa shape index (κ3) is 7.07. The molecule has 0 aromatic carbocycles. The maximum Gasteiger partial charge on any atom is 0.354 e. The van der Waals surface area contributed by atoms with Gasteiger partial charge in [-0.05, 0) is 18.1 Å². The fraction of sp³-hybridized carbons (Fsp3) is 0.357. The molecule has 1 aromatic heterocycles. The van der Waals surface area contributed by atoms with Crippen LogP contribution in [0.2, 0.25) is 0 Å². The molecule has 0 radical (unpaired) electrons. The summed E-state index contributed by atoms with van der Waals surface area (Å²) in [5, 5.41) is 14.0. The van der Waals surface area contributed by atoms with E-state index in [-0.39, 0.29) is 18.3 Å². The number of hydrogen-bond donors (Lipinski definition) is 3.